The quantitative estimate of drug-likeness (QED) is 0.612. The lowest BCUT2D eigenvalue weighted by Crippen LogP contribution is -2.06. The summed E-state index contributed by atoms with van der Waals surface area (Å²) < 4.78 is 41.6. The summed E-state index contributed by atoms with van der Waals surface area (Å²) in [5.41, 5.74) is 5.44. The molecule has 6 nitrogen and oxygen atoms in total. The fraction of sp³-hybridized carbons (Fsp3) is 0.400. The number of hydrogen-bond acceptors (Lipinski definition) is 5. The van der Waals surface area contributed by atoms with E-state index in [1.807, 2.05) is 0 Å². The molecule has 0 aromatic heterocycles. The van der Waals surface area contributed by atoms with Crippen molar-refractivity contribution in [2.75, 3.05) is 18.9 Å². The van der Waals surface area contributed by atoms with E-state index in [0.717, 1.165) is 6.07 Å². The molecule has 0 saturated heterocycles. The highest BCUT2D eigenvalue weighted by Crippen LogP contribution is 2.34. The van der Waals surface area contributed by atoms with Crippen LogP contribution in [0.15, 0.2) is 17.0 Å². The fourth-order valence-electron chi connectivity index (χ4n) is 1.32. The number of ether oxygens (including phenoxy) is 2. The van der Waals surface area contributed by atoms with Crippen molar-refractivity contribution in [1.82, 2.24) is 0 Å². The normalized spacial score (nSPS) is 11.2. The lowest BCUT2D eigenvalue weighted by atomic mass is 10.3. The highest BCUT2D eigenvalue weighted by atomic mass is 32.2. The monoisotopic (exact) mass is 261 g/mol. The molecule has 1 rings (SSSR count). The number of benzene rings is 1. The van der Waals surface area contributed by atoms with Crippen LogP contribution in [0.3, 0.4) is 0 Å². The Morgan fingerprint density at radius 2 is 1.65 bits per heavy atom. The van der Waals surface area contributed by atoms with Crippen LogP contribution < -0.4 is 15.2 Å². The minimum absolute atomic E-state index is 0.0839. The average molecular weight is 261 g/mol. The first-order valence-electron chi connectivity index (χ1n) is 5.06. The summed E-state index contributed by atoms with van der Waals surface area (Å²) in [5.74, 6) is 0.579. The van der Waals surface area contributed by atoms with Crippen LogP contribution in [0.2, 0.25) is 0 Å². The summed E-state index contributed by atoms with van der Waals surface area (Å²) in [4.78, 5) is -0.385. The van der Waals surface area contributed by atoms with Crippen LogP contribution in [0.4, 0.5) is 5.69 Å². The predicted octanol–water partition coefficient (Wildman–Crippen LogP) is 1.31. The van der Waals surface area contributed by atoms with Crippen LogP contribution in [0.5, 0.6) is 11.5 Å². The van der Waals surface area contributed by atoms with Crippen LogP contribution in [-0.2, 0) is 10.1 Å². The topological polar surface area (TPSA) is 98.9 Å². The van der Waals surface area contributed by atoms with E-state index in [1.165, 1.54) is 6.07 Å². The van der Waals surface area contributed by atoms with Crippen LogP contribution >= 0.6 is 0 Å². The van der Waals surface area contributed by atoms with E-state index >= 15 is 0 Å². The Bertz CT molecular complexity index is 498. The van der Waals surface area contributed by atoms with E-state index in [2.05, 4.69) is 0 Å². The molecule has 0 saturated carbocycles. The van der Waals surface area contributed by atoms with Crippen molar-refractivity contribution in [1.29, 1.82) is 0 Å². The summed E-state index contributed by atoms with van der Waals surface area (Å²) in [6, 6.07) is 2.47. The van der Waals surface area contributed by atoms with Gasteiger partial charge in [0.05, 0.1) is 18.9 Å². The molecule has 0 atom stereocenters. The van der Waals surface area contributed by atoms with E-state index in [9.17, 15) is 8.42 Å². The summed E-state index contributed by atoms with van der Waals surface area (Å²) in [5, 5.41) is 0. The van der Waals surface area contributed by atoms with Gasteiger partial charge in [-0.05, 0) is 13.8 Å². The number of nitrogens with two attached hydrogens (primary N) is 1. The summed E-state index contributed by atoms with van der Waals surface area (Å²) in [7, 11) is -4.37. The lowest BCUT2D eigenvalue weighted by molar-refractivity contribution is 0.287. The van der Waals surface area contributed by atoms with E-state index in [-0.39, 0.29) is 16.3 Å². The Kier molecular flexibility index (Phi) is 4.19. The predicted molar refractivity (Wildman–Crippen MR) is 63.0 cm³/mol. The summed E-state index contributed by atoms with van der Waals surface area (Å²) in [6.45, 7) is 4.27. The third-order valence-electron chi connectivity index (χ3n) is 1.95. The Balaban J connectivity index is 3.34. The maximum absolute atomic E-state index is 11.1. The first-order chi connectivity index (χ1) is 7.90. The molecular weight excluding hydrogens is 246 g/mol. The third kappa shape index (κ3) is 3.24. The lowest BCUT2D eigenvalue weighted by Gasteiger charge is -2.13. The second-order valence-electron chi connectivity index (χ2n) is 3.18. The summed E-state index contributed by atoms with van der Waals surface area (Å²) >= 11 is 0. The zero-order valence-electron chi connectivity index (χ0n) is 9.63. The molecule has 17 heavy (non-hydrogen) atoms. The van der Waals surface area contributed by atoms with Crippen LogP contribution in [0.1, 0.15) is 13.8 Å². The third-order valence-corrected chi connectivity index (χ3v) is 2.86. The molecule has 7 heteroatoms. The molecule has 0 unspecified atom stereocenters. The maximum atomic E-state index is 11.1. The van der Waals surface area contributed by atoms with Crippen molar-refractivity contribution in [2.45, 2.75) is 18.7 Å². The molecule has 0 spiro atoms. The van der Waals surface area contributed by atoms with Gasteiger partial charge in [0.2, 0.25) is 0 Å². The molecule has 0 bridgehead atoms. The van der Waals surface area contributed by atoms with E-state index < -0.39 is 10.1 Å². The first-order valence-corrected chi connectivity index (χ1v) is 6.50. The van der Waals surface area contributed by atoms with Gasteiger partial charge in [-0.15, -0.1) is 0 Å². The highest BCUT2D eigenvalue weighted by molar-refractivity contribution is 7.86. The fourth-order valence-corrected chi connectivity index (χ4v) is 1.93. The minimum atomic E-state index is -4.37. The smallest absolute Gasteiger partial charge is 0.296 e. The Labute approximate surface area is 100 Å². The van der Waals surface area contributed by atoms with Gasteiger partial charge in [-0.25, -0.2) is 0 Å². The van der Waals surface area contributed by atoms with Crippen LogP contribution in [0.25, 0.3) is 0 Å². The van der Waals surface area contributed by atoms with E-state index in [0.29, 0.717) is 19.0 Å². The standard InChI is InChI=1S/C10H15NO5S/c1-3-15-8-5-7(11)10(17(12,13)14)6-9(8)16-4-2/h5-6H,3-4,11H2,1-2H3,(H,12,13,14). The molecule has 0 aliphatic heterocycles. The molecule has 0 radical (unpaired) electrons. The van der Waals surface area contributed by atoms with Gasteiger partial charge >= 0.3 is 0 Å². The van der Waals surface area contributed by atoms with E-state index in [4.69, 9.17) is 19.8 Å². The van der Waals surface area contributed by atoms with Gasteiger partial charge in [-0.1, -0.05) is 0 Å². The molecule has 96 valence electrons. The van der Waals surface area contributed by atoms with E-state index in [1.54, 1.807) is 13.8 Å². The second-order valence-corrected chi connectivity index (χ2v) is 4.57. The van der Waals surface area contributed by atoms with Crippen molar-refractivity contribution in [3.63, 3.8) is 0 Å². The van der Waals surface area contributed by atoms with Gasteiger partial charge in [0.15, 0.2) is 11.5 Å². The highest BCUT2D eigenvalue weighted by Gasteiger charge is 2.18. The zero-order chi connectivity index (χ0) is 13.1. The maximum Gasteiger partial charge on any atom is 0.296 e. The zero-order valence-corrected chi connectivity index (χ0v) is 10.5. The number of hydrogen-bond donors (Lipinski definition) is 2. The minimum Gasteiger partial charge on any atom is -0.490 e. The number of anilines is 1. The van der Waals surface area contributed by atoms with Crippen molar-refractivity contribution in [3.05, 3.63) is 12.1 Å². The molecular formula is C10H15NO5S. The molecule has 0 amide bonds. The first kappa shape index (κ1) is 13.6. The second kappa shape index (κ2) is 5.24. The molecule has 0 aliphatic rings. The number of nitrogen functional groups attached to an aromatic ring is 1. The van der Waals surface area contributed by atoms with Gasteiger partial charge < -0.3 is 15.2 Å². The molecule has 1 aromatic carbocycles. The van der Waals surface area contributed by atoms with Crippen molar-refractivity contribution in [2.24, 2.45) is 0 Å². The van der Waals surface area contributed by atoms with Crippen molar-refractivity contribution >= 4 is 15.8 Å². The van der Waals surface area contributed by atoms with Gasteiger partial charge in [-0.2, -0.15) is 8.42 Å². The average Bonchev–Trinajstić information content (AvgIpc) is 2.20. The largest absolute Gasteiger partial charge is 0.490 e. The van der Waals surface area contributed by atoms with Gasteiger partial charge in [0.25, 0.3) is 10.1 Å². The molecule has 1 aromatic rings. The van der Waals surface area contributed by atoms with Gasteiger partial charge in [0.1, 0.15) is 4.90 Å². The van der Waals surface area contributed by atoms with Gasteiger partial charge in [0, 0.05) is 12.1 Å². The molecule has 0 heterocycles. The van der Waals surface area contributed by atoms with Crippen molar-refractivity contribution in [3.8, 4) is 11.5 Å². The Morgan fingerprint density at radius 1 is 1.18 bits per heavy atom. The molecule has 0 aliphatic carbocycles. The Hall–Kier alpha value is -1.47. The number of rotatable bonds is 5. The molecule has 0 fully saturated rings. The summed E-state index contributed by atoms with van der Waals surface area (Å²) in [6.07, 6.45) is 0. The van der Waals surface area contributed by atoms with Crippen molar-refractivity contribution < 1.29 is 22.4 Å². The SMILES string of the molecule is CCOc1cc(N)c(S(=O)(=O)O)cc1OCC. The van der Waals surface area contributed by atoms with Gasteiger partial charge in [-0.3, -0.25) is 4.55 Å². The molecule has 3 N–H and O–H groups in total. The van der Waals surface area contributed by atoms with Crippen LogP contribution in [-0.4, -0.2) is 26.2 Å². The Morgan fingerprint density at radius 3 is 2.06 bits per heavy atom. The van der Waals surface area contributed by atoms with Crippen LogP contribution in [0, 0.1) is 0 Å².